The zero-order valence-electron chi connectivity index (χ0n) is 6.99. The minimum atomic E-state index is -1.62. The molecule has 0 saturated carbocycles. The summed E-state index contributed by atoms with van der Waals surface area (Å²) in [4.78, 5) is 6.90. The van der Waals surface area contributed by atoms with Crippen molar-refractivity contribution in [1.82, 2.24) is 9.97 Å². The Morgan fingerprint density at radius 2 is 1.67 bits per heavy atom. The van der Waals surface area contributed by atoms with Gasteiger partial charge in [0.05, 0.1) is 15.6 Å². The van der Waals surface area contributed by atoms with Gasteiger partial charge < -0.3 is 4.98 Å². The molecule has 15 heavy (non-hydrogen) atoms. The molecule has 1 heterocycles. The van der Waals surface area contributed by atoms with Gasteiger partial charge in [0.1, 0.15) is 5.52 Å². The van der Waals surface area contributed by atoms with Gasteiger partial charge in [0, 0.05) is 0 Å². The van der Waals surface area contributed by atoms with Crippen molar-refractivity contribution >= 4 is 69.0 Å². The van der Waals surface area contributed by atoms with Gasteiger partial charge in [-0.2, -0.15) is 0 Å². The fraction of sp³-hybridized carbons (Fsp3) is 0.125. The molecule has 0 spiro atoms. The lowest BCUT2D eigenvalue weighted by molar-refractivity contribution is 1.05. The lowest BCUT2D eigenvalue weighted by Gasteiger charge is -2.04. The molecule has 80 valence electrons. The number of nitrogens with one attached hydrogen (secondary N) is 1. The summed E-state index contributed by atoms with van der Waals surface area (Å²) in [5, 5.41) is 0.925. The Bertz CT molecular complexity index is 474. The highest BCUT2D eigenvalue weighted by Gasteiger charge is 2.27. The normalized spacial score (nSPS) is 12.3. The van der Waals surface area contributed by atoms with Gasteiger partial charge in [-0.05, 0) is 12.1 Å². The third-order valence-electron chi connectivity index (χ3n) is 1.81. The fourth-order valence-electron chi connectivity index (χ4n) is 1.16. The highest BCUT2D eigenvalue weighted by molar-refractivity contribution is 6.66. The molecule has 1 aromatic heterocycles. The fourth-order valence-corrected chi connectivity index (χ4v) is 1.83. The molecule has 2 nitrogen and oxygen atoms in total. The van der Waals surface area contributed by atoms with E-state index in [-0.39, 0.29) is 5.82 Å². The topological polar surface area (TPSA) is 28.7 Å². The van der Waals surface area contributed by atoms with Crippen molar-refractivity contribution in [3.63, 3.8) is 0 Å². The Balaban J connectivity index is 2.76. The number of imidazole rings is 1. The predicted molar refractivity (Wildman–Crippen MR) is 65.4 cm³/mol. The van der Waals surface area contributed by atoms with Crippen LogP contribution in [0.4, 0.5) is 0 Å². The van der Waals surface area contributed by atoms with Crippen molar-refractivity contribution in [2.24, 2.45) is 0 Å². The van der Waals surface area contributed by atoms with Gasteiger partial charge in [0.2, 0.25) is 3.79 Å². The van der Waals surface area contributed by atoms with Gasteiger partial charge in [0.15, 0.2) is 5.82 Å². The van der Waals surface area contributed by atoms with Crippen LogP contribution in [0.3, 0.4) is 0 Å². The molecule has 2 rings (SSSR count). The van der Waals surface area contributed by atoms with Gasteiger partial charge in [-0.15, -0.1) is 0 Å². The second-order valence-corrected chi connectivity index (χ2v) is 5.93. The molecule has 0 unspecified atom stereocenters. The van der Waals surface area contributed by atoms with Crippen molar-refractivity contribution in [2.75, 3.05) is 0 Å². The number of benzene rings is 1. The molecule has 1 N–H and O–H groups in total. The van der Waals surface area contributed by atoms with Crippen LogP contribution in [-0.4, -0.2) is 9.97 Å². The lowest BCUT2D eigenvalue weighted by Crippen LogP contribution is -2.02. The number of hydrogen-bond acceptors (Lipinski definition) is 1. The van der Waals surface area contributed by atoms with Crippen molar-refractivity contribution in [1.29, 1.82) is 0 Å². The van der Waals surface area contributed by atoms with Crippen LogP contribution in [0.1, 0.15) is 5.82 Å². The van der Waals surface area contributed by atoms with Crippen LogP contribution in [0, 0.1) is 0 Å². The third kappa shape index (κ3) is 2.15. The van der Waals surface area contributed by atoms with Gasteiger partial charge in [-0.25, -0.2) is 4.98 Å². The maximum atomic E-state index is 5.93. The third-order valence-corrected chi connectivity index (χ3v) is 2.97. The number of aromatic amines is 1. The van der Waals surface area contributed by atoms with Crippen LogP contribution in [-0.2, 0) is 3.79 Å². The van der Waals surface area contributed by atoms with E-state index in [2.05, 4.69) is 9.97 Å². The number of nitrogens with zero attached hydrogens (tertiary/aromatic N) is 1. The van der Waals surface area contributed by atoms with Crippen LogP contribution in [0.5, 0.6) is 0 Å². The number of rotatable bonds is 0. The van der Waals surface area contributed by atoms with E-state index >= 15 is 0 Å². The van der Waals surface area contributed by atoms with E-state index in [1.807, 2.05) is 0 Å². The second-order valence-electron chi connectivity index (χ2n) is 2.84. The standard InChI is InChI=1S/C8H3Cl5N2/c9-3-1-2-4(10)6-5(3)14-7(15-6)8(11,12)13/h1-2H,(H,14,15). The Morgan fingerprint density at radius 1 is 1.07 bits per heavy atom. The lowest BCUT2D eigenvalue weighted by atomic mass is 10.3. The van der Waals surface area contributed by atoms with Gasteiger partial charge >= 0.3 is 0 Å². The van der Waals surface area contributed by atoms with Crippen LogP contribution in [0.15, 0.2) is 12.1 Å². The Morgan fingerprint density at radius 3 is 2.20 bits per heavy atom. The molecule has 0 amide bonds. The van der Waals surface area contributed by atoms with Crippen LogP contribution < -0.4 is 0 Å². The summed E-state index contributed by atoms with van der Waals surface area (Å²) >= 11 is 28.9. The van der Waals surface area contributed by atoms with E-state index in [0.717, 1.165) is 0 Å². The first-order chi connectivity index (χ1) is 6.89. The second kappa shape index (κ2) is 3.86. The van der Waals surface area contributed by atoms with Gasteiger partial charge in [-0.1, -0.05) is 58.0 Å². The highest BCUT2D eigenvalue weighted by Crippen LogP contribution is 2.39. The number of fused-ring (bicyclic) bond motifs is 1. The molecule has 0 aliphatic carbocycles. The summed E-state index contributed by atoms with van der Waals surface area (Å²) in [6, 6.07) is 3.28. The Kier molecular flexibility index (Phi) is 2.99. The van der Waals surface area contributed by atoms with Crippen molar-refractivity contribution in [2.45, 2.75) is 3.79 Å². The highest BCUT2D eigenvalue weighted by atomic mass is 35.6. The zero-order chi connectivity index (χ0) is 11.2. The monoisotopic (exact) mass is 302 g/mol. The van der Waals surface area contributed by atoms with Crippen LogP contribution in [0.2, 0.25) is 10.0 Å². The molecule has 0 bridgehead atoms. The first-order valence-corrected chi connectivity index (χ1v) is 5.69. The number of aromatic nitrogens is 2. The molecule has 0 fully saturated rings. The smallest absolute Gasteiger partial charge is 0.248 e. The SMILES string of the molecule is Clc1ccc(Cl)c2[nH]c(C(Cl)(Cl)Cl)nc12. The first kappa shape index (κ1) is 11.6. The molecular weight excluding hydrogens is 301 g/mol. The maximum absolute atomic E-state index is 5.93. The van der Waals surface area contributed by atoms with E-state index in [1.165, 1.54) is 0 Å². The average Bonchev–Trinajstić information content (AvgIpc) is 2.56. The van der Waals surface area contributed by atoms with Gasteiger partial charge in [0.25, 0.3) is 0 Å². The predicted octanol–water partition coefficient (Wildman–Crippen LogP) is 4.70. The number of hydrogen-bond donors (Lipinski definition) is 1. The molecular formula is C8H3Cl5N2. The van der Waals surface area contributed by atoms with Crippen LogP contribution >= 0.6 is 58.0 Å². The average molecular weight is 304 g/mol. The number of halogens is 5. The van der Waals surface area contributed by atoms with Gasteiger partial charge in [-0.3, -0.25) is 0 Å². The van der Waals surface area contributed by atoms with Crippen molar-refractivity contribution in [3.05, 3.63) is 28.0 Å². The number of H-pyrrole nitrogens is 1. The summed E-state index contributed by atoms with van der Waals surface area (Å²) < 4.78 is -1.62. The van der Waals surface area contributed by atoms with E-state index in [1.54, 1.807) is 12.1 Å². The van der Waals surface area contributed by atoms with Crippen molar-refractivity contribution in [3.8, 4) is 0 Å². The minimum absolute atomic E-state index is 0.192. The minimum Gasteiger partial charge on any atom is -0.337 e. The van der Waals surface area contributed by atoms with E-state index in [0.29, 0.717) is 21.1 Å². The molecule has 1 aromatic carbocycles. The number of alkyl halides is 3. The summed E-state index contributed by atoms with van der Waals surface area (Å²) in [6.45, 7) is 0. The summed E-state index contributed by atoms with van der Waals surface area (Å²) in [5.74, 6) is 0.192. The van der Waals surface area contributed by atoms with E-state index in [9.17, 15) is 0 Å². The molecule has 0 radical (unpaired) electrons. The Hall–Kier alpha value is 0.140. The van der Waals surface area contributed by atoms with Crippen LogP contribution in [0.25, 0.3) is 11.0 Å². The molecule has 0 atom stereocenters. The molecule has 7 heteroatoms. The molecule has 0 aliphatic rings. The zero-order valence-corrected chi connectivity index (χ0v) is 10.8. The summed E-state index contributed by atoms with van der Waals surface area (Å²) in [5.41, 5.74) is 1.05. The van der Waals surface area contributed by atoms with E-state index < -0.39 is 3.79 Å². The Labute approximate surface area is 110 Å². The van der Waals surface area contributed by atoms with E-state index in [4.69, 9.17) is 58.0 Å². The van der Waals surface area contributed by atoms with Crippen molar-refractivity contribution < 1.29 is 0 Å². The summed E-state index contributed by atoms with van der Waals surface area (Å²) in [7, 11) is 0. The maximum Gasteiger partial charge on any atom is 0.248 e. The summed E-state index contributed by atoms with van der Waals surface area (Å²) in [6.07, 6.45) is 0. The molecule has 2 aromatic rings. The molecule has 0 saturated heterocycles. The molecule has 0 aliphatic heterocycles. The quantitative estimate of drug-likeness (QED) is 0.702. The first-order valence-electron chi connectivity index (χ1n) is 3.80. The largest absolute Gasteiger partial charge is 0.337 e.